The number of nitrogens with two attached hydrogens (primary N) is 1. The Morgan fingerprint density at radius 2 is 2.06 bits per heavy atom. The number of nitrogens with one attached hydrogen (secondary N) is 1. The van der Waals surface area contributed by atoms with Crippen LogP contribution in [0.15, 0.2) is 35.7 Å². The van der Waals surface area contributed by atoms with Crippen LogP contribution in [-0.4, -0.2) is 0 Å². The van der Waals surface area contributed by atoms with Crippen molar-refractivity contribution in [2.45, 2.75) is 12.5 Å². The largest absolute Gasteiger partial charge is 0.389 e. The van der Waals surface area contributed by atoms with Gasteiger partial charge in [-0.25, -0.2) is 0 Å². The van der Waals surface area contributed by atoms with Crippen molar-refractivity contribution in [3.8, 4) is 6.07 Å². The average Bonchev–Trinajstić information content (AvgIpc) is 2.56. The number of hydrogen-bond donors (Lipinski definition) is 2. The van der Waals surface area contributed by atoms with Gasteiger partial charge >= 0.3 is 0 Å². The average molecular weight is 236 g/mol. The zero-order valence-corrected chi connectivity index (χ0v) is 9.38. The van der Waals surface area contributed by atoms with E-state index in [0.717, 1.165) is 5.56 Å². The van der Waals surface area contributed by atoms with E-state index in [4.69, 9.17) is 27.4 Å². The van der Waals surface area contributed by atoms with Crippen LogP contribution in [0.5, 0.6) is 0 Å². The van der Waals surface area contributed by atoms with Gasteiger partial charge in [0.25, 0.3) is 0 Å². The molecular formula is C11H10ClN3O. The molecule has 0 bridgehead atoms. The van der Waals surface area contributed by atoms with E-state index in [1.807, 2.05) is 19.1 Å². The lowest BCUT2D eigenvalue weighted by Crippen LogP contribution is -2.35. The molecule has 2 rings (SSSR count). The first-order valence-corrected chi connectivity index (χ1v) is 5.06. The zero-order chi connectivity index (χ0) is 11.8. The topological polar surface area (TPSA) is 71.1 Å². The molecule has 1 unspecified atom stereocenters. The first-order valence-electron chi connectivity index (χ1n) is 4.68. The number of hydroxylamine groups is 1. The van der Waals surface area contributed by atoms with Gasteiger partial charge in [0.05, 0.1) is 0 Å². The summed E-state index contributed by atoms with van der Waals surface area (Å²) in [7, 11) is 0. The van der Waals surface area contributed by atoms with Crippen molar-refractivity contribution in [3.63, 3.8) is 0 Å². The summed E-state index contributed by atoms with van der Waals surface area (Å²) in [5.41, 5.74) is 8.85. The van der Waals surface area contributed by atoms with Crippen LogP contribution in [0.25, 0.3) is 0 Å². The maximum Gasteiger partial charge on any atom is 0.225 e. The van der Waals surface area contributed by atoms with Gasteiger partial charge in [-0.1, -0.05) is 23.7 Å². The van der Waals surface area contributed by atoms with Crippen LogP contribution in [-0.2, 0) is 10.4 Å². The molecule has 1 heterocycles. The summed E-state index contributed by atoms with van der Waals surface area (Å²) in [6.45, 7) is 1.83. The van der Waals surface area contributed by atoms with Gasteiger partial charge in [-0.2, -0.15) is 5.26 Å². The summed E-state index contributed by atoms with van der Waals surface area (Å²) in [5, 5.41) is 9.69. The maximum atomic E-state index is 9.05. The smallest absolute Gasteiger partial charge is 0.225 e. The molecule has 0 spiro atoms. The fraction of sp³-hybridized carbons (Fsp3) is 0.182. The minimum atomic E-state index is -0.719. The molecule has 0 aromatic heterocycles. The third-order valence-corrected chi connectivity index (χ3v) is 2.90. The number of nitriles is 1. The van der Waals surface area contributed by atoms with E-state index in [9.17, 15) is 0 Å². The molecule has 1 aromatic carbocycles. The normalized spacial score (nSPS) is 24.1. The molecule has 1 atom stereocenters. The van der Waals surface area contributed by atoms with E-state index in [-0.39, 0.29) is 5.88 Å². The fourth-order valence-corrected chi connectivity index (χ4v) is 1.78. The highest BCUT2D eigenvalue weighted by Crippen LogP contribution is 2.34. The van der Waals surface area contributed by atoms with Crippen LogP contribution in [0.4, 0.5) is 0 Å². The summed E-state index contributed by atoms with van der Waals surface area (Å²) >= 11 is 5.81. The lowest BCUT2D eigenvalue weighted by Gasteiger charge is -2.22. The van der Waals surface area contributed by atoms with E-state index < -0.39 is 5.54 Å². The van der Waals surface area contributed by atoms with E-state index >= 15 is 0 Å². The number of halogens is 1. The van der Waals surface area contributed by atoms with E-state index in [0.29, 0.717) is 10.6 Å². The summed E-state index contributed by atoms with van der Waals surface area (Å²) in [6, 6.07) is 9.22. The zero-order valence-electron chi connectivity index (χ0n) is 8.62. The third-order valence-electron chi connectivity index (χ3n) is 2.64. The highest BCUT2D eigenvalue weighted by molar-refractivity contribution is 6.30. The Kier molecular flexibility index (Phi) is 2.50. The van der Waals surface area contributed by atoms with Gasteiger partial charge in [-0.3, -0.25) is 0 Å². The highest BCUT2D eigenvalue weighted by atomic mass is 35.5. The van der Waals surface area contributed by atoms with Gasteiger partial charge in [0.1, 0.15) is 17.2 Å². The fourth-order valence-electron chi connectivity index (χ4n) is 1.66. The van der Waals surface area contributed by atoms with Gasteiger partial charge in [-0.15, -0.1) is 5.48 Å². The molecule has 3 N–H and O–H groups in total. The van der Waals surface area contributed by atoms with Crippen molar-refractivity contribution < 1.29 is 4.84 Å². The number of nitrogens with zero attached hydrogens (tertiary/aromatic N) is 1. The van der Waals surface area contributed by atoms with Crippen molar-refractivity contribution in [1.29, 1.82) is 5.26 Å². The summed E-state index contributed by atoms with van der Waals surface area (Å²) in [5.74, 6) is 0.111. The Balaban J connectivity index is 2.49. The quantitative estimate of drug-likeness (QED) is 0.779. The van der Waals surface area contributed by atoms with Crippen LogP contribution >= 0.6 is 11.6 Å². The van der Waals surface area contributed by atoms with Crippen LogP contribution in [0.3, 0.4) is 0 Å². The molecule has 82 valence electrons. The summed E-state index contributed by atoms with van der Waals surface area (Å²) in [6.07, 6.45) is 0. The Bertz CT molecular complexity index is 489. The lowest BCUT2D eigenvalue weighted by atomic mass is 9.86. The highest BCUT2D eigenvalue weighted by Gasteiger charge is 2.40. The van der Waals surface area contributed by atoms with Gasteiger partial charge in [-0.05, 0) is 24.6 Å². The predicted molar refractivity (Wildman–Crippen MR) is 59.9 cm³/mol. The van der Waals surface area contributed by atoms with Gasteiger partial charge in [0.2, 0.25) is 5.88 Å². The Labute approximate surface area is 98.2 Å². The first kappa shape index (κ1) is 10.8. The van der Waals surface area contributed by atoms with E-state index in [2.05, 4.69) is 11.5 Å². The van der Waals surface area contributed by atoms with Crippen molar-refractivity contribution in [1.82, 2.24) is 5.48 Å². The predicted octanol–water partition coefficient (Wildman–Crippen LogP) is 1.78. The standard InChI is InChI=1S/C11H10ClN3O/c1-11(7-2-4-8(12)5-3-7)9(6-13)10(14)16-15-11/h2-5,15H,14H2,1H3. The van der Waals surface area contributed by atoms with Gasteiger partial charge in [0.15, 0.2) is 0 Å². The molecule has 1 aliphatic rings. The van der Waals surface area contributed by atoms with Crippen molar-refractivity contribution in [2.24, 2.45) is 5.73 Å². The molecule has 1 aliphatic heterocycles. The molecule has 5 heteroatoms. The summed E-state index contributed by atoms with van der Waals surface area (Å²) in [4.78, 5) is 5.01. The Morgan fingerprint density at radius 3 is 2.62 bits per heavy atom. The minimum absolute atomic E-state index is 0.111. The lowest BCUT2D eigenvalue weighted by molar-refractivity contribution is 0.0822. The SMILES string of the molecule is CC1(c2ccc(Cl)cc2)NOC(N)=C1C#N. The van der Waals surface area contributed by atoms with E-state index in [1.54, 1.807) is 12.1 Å². The molecule has 16 heavy (non-hydrogen) atoms. The second-order valence-electron chi connectivity index (χ2n) is 3.69. The van der Waals surface area contributed by atoms with Crippen LogP contribution in [0.2, 0.25) is 5.02 Å². The molecule has 0 saturated heterocycles. The maximum absolute atomic E-state index is 9.05. The third kappa shape index (κ3) is 1.51. The molecular weight excluding hydrogens is 226 g/mol. The molecule has 0 radical (unpaired) electrons. The second kappa shape index (κ2) is 3.71. The monoisotopic (exact) mass is 235 g/mol. The van der Waals surface area contributed by atoms with Crippen molar-refractivity contribution >= 4 is 11.6 Å². The van der Waals surface area contributed by atoms with E-state index in [1.165, 1.54) is 0 Å². The van der Waals surface area contributed by atoms with Gasteiger partial charge in [0, 0.05) is 5.02 Å². The van der Waals surface area contributed by atoms with Crippen molar-refractivity contribution in [2.75, 3.05) is 0 Å². The van der Waals surface area contributed by atoms with Crippen molar-refractivity contribution in [3.05, 3.63) is 46.3 Å². The first-order chi connectivity index (χ1) is 7.58. The van der Waals surface area contributed by atoms with Gasteiger partial charge < -0.3 is 10.6 Å². The second-order valence-corrected chi connectivity index (χ2v) is 4.12. The van der Waals surface area contributed by atoms with Crippen LogP contribution < -0.4 is 11.2 Å². The molecule has 0 fully saturated rings. The Morgan fingerprint density at radius 1 is 1.44 bits per heavy atom. The minimum Gasteiger partial charge on any atom is -0.389 e. The number of hydrogen-bond acceptors (Lipinski definition) is 4. The van der Waals surface area contributed by atoms with Crippen LogP contribution in [0, 0.1) is 11.3 Å². The number of benzene rings is 1. The number of rotatable bonds is 1. The molecule has 0 aliphatic carbocycles. The molecule has 4 nitrogen and oxygen atoms in total. The molecule has 1 aromatic rings. The molecule has 0 amide bonds. The Hall–Kier alpha value is -1.70. The molecule has 0 saturated carbocycles. The van der Waals surface area contributed by atoms with Crippen LogP contribution in [0.1, 0.15) is 12.5 Å². The summed E-state index contributed by atoms with van der Waals surface area (Å²) < 4.78 is 0.